The van der Waals surface area contributed by atoms with Crippen LogP contribution >= 0.6 is 0 Å². The number of unbranched alkanes of at least 4 members (excludes halogenated alkanes) is 1. The first-order valence-corrected chi connectivity index (χ1v) is 10.3. The number of rotatable bonds is 7. The van der Waals surface area contributed by atoms with Gasteiger partial charge in [0.25, 0.3) is 0 Å². The Morgan fingerprint density at radius 3 is 2.48 bits per heavy atom. The lowest BCUT2D eigenvalue weighted by molar-refractivity contribution is -0.112. The molecule has 1 saturated heterocycles. The van der Waals surface area contributed by atoms with Crippen LogP contribution in [0.15, 0.2) is 17.7 Å². The van der Waals surface area contributed by atoms with Gasteiger partial charge < -0.3 is 9.64 Å². The van der Waals surface area contributed by atoms with Crippen molar-refractivity contribution in [1.82, 2.24) is 4.90 Å². The third-order valence-electron chi connectivity index (χ3n) is 5.58. The fourth-order valence-corrected chi connectivity index (χ4v) is 3.94. The predicted octanol–water partition coefficient (Wildman–Crippen LogP) is 4.44. The third kappa shape index (κ3) is 4.49. The Morgan fingerprint density at radius 2 is 1.78 bits per heavy atom. The second-order valence-electron chi connectivity index (χ2n) is 8.05. The van der Waals surface area contributed by atoms with Crippen LogP contribution in [0.25, 0.3) is 6.08 Å². The highest BCUT2D eigenvalue weighted by Crippen LogP contribution is 2.34. The zero-order chi connectivity index (χ0) is 19.4. The monoisotopic (exact) mass is 369 g/mol. The first-order valence-electron chi connectivity index (χ1n) is 10.3. The molecule has 146 valence electrons. The number of aryl methyl sites for hydroxylation is 1. The van der Waals surface area contributed by atoms with E-state index in [1.54, 1.807) is 0 Å². The summed E-state index contributed by atoms with van der Waals surface area (Å²) in [4.78, 5) is 27.7. The molecule has 0 N–H and O–H groups in total. The molecule has 1 heterocycles. The third-order valence-corrected chi connectivity index (χ3v) is 5.58. The van der Waals surface area contributed by atoms with E-state index in [2.05, 4.69) is 4.90 Å². The SMILES string of the molecule is Cc1ccc2c(c1OCCCCN1CCCCC1)C(=O)C(=O)C(C(C)C)=C2. The molecule has 4 nitrogen and oxygen atoms in total. The van der Waals surface area contributed by atoms with E-state index < -0.39 is 11.6 Å². The minimum atomic E-state index is -0.428. The van der Waals surface area contributed by atoms with E-state index in [1.807, 2.05) is 39.0 Å². The zero-order valence-electron chi connectivity index (χ0n) is 16.8. The van der Waals surface area contributed by atoms with Gasteiger partial charge in [-0.15, -0.1) is 0 Å². The Balaban J connectivity index is 1.65. The van der Waals surface area contributed by atoms with Crippen LogP contribution < -0.4 is 4.74 Å². The molecule has 2 aliphatic rings. The van der Waals surface area contributed by atoms with Crippen LogP contribution in [0.3, 0.4) is 0 Å². The summed E-state index contributed by atoms with van der Waals surface area (Å²) in [5.74, 6) is -0.195. The molecule has 27 heavy (non-hydrogen) atoms. The molecule has 0 spiro atoms. The first kappa shape index (κ1) is 19.8. The van der Waals surface area contributed by atoms with Crippen molar-refractivity contribution in [3.8, 4) is 5.75 Å². The van der Waals surface area contributed by atoms with Gasteiger partial charge in [0.15, 0.2) is 0 Å². The van der Waals surface area contributed by atoms with E-state index in [4.69, 9.17) is 4.74 Å². The molecule has 1 aliphatic heterocycles. The number of hydrogen-bond donors (Lipinski definition) is 0. The Kier molecular flexibility index (Phi) is 6.48. The molecular formula is C23H31NO3. The van der Waals surface area contributed by atoms with Crippen molar-refractivity contribution < 1.29 is 14.3 Å². The Labute approximate surface area is 162 Å². The van der Waals surface area contributed by atoms with Crippen LogP contribution in [0.4, 0.5) is 0 Å². The van der Waals surface area contributed by atoms with Crippen LogP contribution in [0, 0.1) is 12.8 Å². The molecule has 3 rings (SSSR count). The smallest absolute Gasteiger partial charge is 0.237 e. The van der Waals surface area contributed by atoms with Crippen molar-refractivity contribution in [1.29, 1.82) is 0 Å². The molecule has 4 heteroatoms. The summed E-state index contributed by atoms with van der Waals surface area (Å²) in [6.45, 7) is 9.94. The minimum Gasteiger partial charge on any atom is -0.493 e. The van der Waals surface area contributed by atoms with Crippen molar-refractivity contribution in [2.45, 2.75) is 52.9 Å². The standard InChI is InChI=1S/C23H31NO3/c1-16(2)19-15-18-10-9-17(3)23(20(18)22(26)21(19)25)27-14-8-7-13-24-11-5-4-6-12-24/h9-10,15-16H,4-8,11-14H2,1-3H3. The van der Waals surface area contributed by atoms with Gasteiger partial charge in [0.2, 0.25) is 11.6 Å². The summed E-state index contributed by atoms with van der Waals surface area (Å²) in [7, 11) is 0. The second kappa shape index (κ2) is 8.83. The normalized spacial score (nSPS) is 17.9. The van der Waals surface area contributed by atoms with Crippen LogP contribution in [0.2, 0.25) is 0 Å². The first-order chi connectivity index (χ1) is 13.0. The quantitative estimate of drug-likeness (QED) is 0.526. The van der Waals surface area contributed by atoms with Crippen LogP contribution in [0.1, 0.15) is 67.4 Å². The summed E-state index contributed by atoms with van der Waals surface area (Å²) in [6.07, 6.45) is 7.89. The number of piperidine rings is 1. The number of allylic oxidation sites excluding steroid dienone is 1. The number of Topliss-reactive ketones (excluding diaryl/α,β-unsaturated/α-hetero) is 2. The lowest BCUT2D eigenvalue weighted by atomic mass is 9.84. The lowest BCUT2D eigenvalue weighted by Crippen LogP contribution is -2.30. The number of benzene rings is 1. The van der Waals surface area contributed by atoms with E-state index in [0.29, 0.717) is 23.5 Å². The van der Waals surface area contributed by atoms with Gasteiger partial charge in [-0.05, 0) is 75.4 Å². The van der Waals surface area contributed by atoms with E-state index in [-0.39, 0.29) is 5.92 Å². The van der Waals surface area contributed by atoms with Gasteiger partial charge in [0, 0.05) is 5.57 Å². The maximum absolute atomic E-state index is 12.7. The Hall–Kier alpha value is -1.94. The molecular weight excluding hydrogens is 338 g/mol. The molecule has 1 aromatic carbocycles. The molecule has 0 unspecified atom stereocenters. The average molecular weight is 370 g/mol. The van der Waals surface area contributed by atoms with Crippen molar-refractivity contribution in [3.05, 3.63) is 34.4 Å². The molecule has 0 radical (unpaired) electrons. The number of carbonyl (C=O) groups excluding carboxylic acids is 2. The van der Waals surface area contributed by atoms with Gasteiger partial charge in [-0.2, -0.15) is 0 Å². The summed E-state index contributed by atoms with van der Waals surface area (Å²) >= 11 is 0. The molecule has 0 saturated carbocycles. The largest absolute Gasteiger partial charge is 0.493 e. The molecule has 0 aromatic heterocycles. The molecule has 1 aromatic rings. The topological polar surface area (TPSA) is 46.6 Å². The highest BCUT2D eigenvalue weighted by atomic mass is 16.5. The maximum Gasteiger partial charge on any atom is 0.237 e. The number of nitrogens with zero attached hydrogens (tertiary/aromatic N) is 1. The van der Waals surface area contributed by atoms with E-state index in [9.17, 15) is 9.59 Å². The molecule has 0 amide bonds. The van der Waals surface area contributed by atoms with E-state index >= 15 is 0 Å². The van der Waals surface area contributed by atoms with Gasteiger partial charge in [-0.3, -0.25) is 9.59 Å². The number of ketones is 2. The second-order valence-corrected chi connectivity index (χ2v) is 8.05. The average Bonchev–Trinajstić information content (AvgIpc) is 2.66. The summed E-state index contributed by atoms with van der Waals surface area (Å²) < 4.78 is 6.02. The van der Waals surface area contributed by atoms with Crippen LogP contribution in [-0.4, -0.2) is 42.7 Å². The van der Waals surface area contributed by atoms with Gasteiger partial charge in [0.05, 0.1) is 12.2 Å². The van der Waals surface area contributed by atoms with Crippen LogP contribution in [0.5, 0.6) is 5.75 Å². The predicted molar refractivity (Wildman–Crippen MR) is 108 cm³/mol. The molecule has 0 bridgehead atoms. The van der Waals surface area contributed by atoms with Gasteiger partial charge in [-0.25, -0.2) is 0 Å². The van der Waals surface area contributed by atoms with Crippen LogP contribution in [-0.2, 0) is 4.79 Å². The van der Waals surface area contributed by atoms with Crippen molar-refractivity contribution in [2.75, 3.05) is 26.2 Å². The number of hydrogen-bond acceptors (Lipinski definition) is 4. The fraction of sp³-hybridized carbons (Fsp3) is 0.565. The maximum atomic E-state index is 12.7. The van der Waals surface area contributed by atoms with Crippen molar-refractivity contribution in [3.63, 3.8) is 0 Å². The number of likely N-dealkylation sites (tertiary alicyclic amines) is 1. The van der Waals surface area contributed by atoms with Gasteiger partial charge in [-0.1, -0.05) is 32.4 Å². The van der Waals surface area contributed by atoms with E-state index in [0.717, 1.165) is 30.5 Å². The van der Waals surface area contributed by atoms with Gasteiger partial charge in [0.1, 0.15) is 5.75 Å². The fourth-order valence-electron chi connectivity index (χ4n) is 3.94. The zero-order valence-corrected chi connectivity index (χ0v) is 16.8. The van der Waals surface area contributed by atoms with Crippen molar-refractivity contribution >= 4 is 17.6 Å². The van der Waals surface area contributed by atoms with E-state index in [1.165, 1.54) is 32.4 Å². The summed E-state index contributed by atoms with van der Waals surface area (Å²) in [5.41, 5.74) is 2.74. The Bertz CT molecular complexity index is 742. The van der Waals surface area contributed by atoms with Gasteiger partial charge >= 0.3 is 0 Å². The highest BCUT2D eigenvalue weighted by Gasteiger charge is 2.32. The lowest BCUT2D eigenvalue weighted by Gasteiger charge is -2.26. The number of ether oxygens (including phenoxy) is 1. The molecule has 0 atom stereocenters. The molecule has 1 fully saturated rings. The highest BCUT2D eigenvalue weighted by molar-refractivity contribution is 6.52. The molecule has 1 aliphatic carbocycles. The Morgan fingerprint density at radius 1 is 1.04 bits per heavy atom. The summed E-state index contributed by atoms with van der Waals surface area (Å²) in [6, 6.07) is 3.89. The summed E-state index contributed by atoms with van der Waals surface area (Å²) in [5, 5.41) is 0. The minimum absolute atomic E-state index is 0.0371. The number of carbonyl (C=O) groups is 2. The number of fused-ring (bicyclic) bond motifs is 1. The van der Waals surface area contributed by atoms with Crippen molar-refractivity contribution in [2.24, 2.45) is 5.92 Å².